The molecule has 4 aromatic rings. The number of nitrogens with zero attached hydrogens (tertiary/aromatic N) is 2. The van der Waals surface area contributed by atoms with Crippen molar-refractivity contribution in [3.63, 3.8) is 0 Å². The molecule has 6 nitrogen and oxygen atoms in total. The topological polar surface area (TPSA) is 80.3 Å². The van der Waals surface area contributed by atoms with Crippen molar-refractivity contribution in [2.45, 2.75) is 19.6 Å². The van der Waals surface area contributed by atoms with Crippen molar-refractivity contribution >= 4 is 33.2 Å². The summed E-state index contributed by atoms with van der Waals surface area (Å²) in [5.74, 6) is 0. The van der Waals surface area contributed by atoms with E-state index in [2.05, 4.69) is 5.32 Å². The third-order valence-corrected chi connectivity index (χ3v) is 5.03. The van der Waals surface area contributed by atoms with E-state index < -0.39 is 6.10 Å². The Balaban J connectivity index is 1.65. The first kappa shape index (κ1) is 18.0. The van der Waals surface area contributed by atoms with Gasteiger partial charge in [-0.15, -0.1) is 0 Å². The fourth-order valence-corrected chi connectivity index (χ4v) is 3.63. The van der Waals surface area contributed by atoms with Gasteiger partial charge < -0.3 is 15.0 Å². The van der Waals surface area contributed by atoms with Crippen molar-refractivity contribution in [3.8, 4) is 0 Å². The molecular weight excluding hydrogens is 354 g/mol. The molecule has 6 heteroatoms. The van der Waals surface area contributed by atoms with E-state index in [-0.39, 0.29) is 10.6 Å². The Morgan fingerprint density at radius 1 is 1.04 bits per heavy atom. The highest BCUT2D eigenvalue weighted by atomic mass is 16.6. The summed E-state index contributed by atoms with van der Waals surface area (Å²) >= 11 is 0. The van der Waals surface area contributed by atoms with Gasteiger partial charge in [-0.1, -0.05) is 36.4 Å². The van der Waals surface area contributed by atoms with Crippen LogP contribution in [0.3, 0.4) is 0 Å². The van der Waals surface area contributed by atoms with Crippen LogP contribution in [0.2, 0.25) is 0 Å². The molecule has 4 rings (SSSR count). The highest BCUT2D eigenvalue weighted by Gasteiger charge is 2.16. The monoisotopic (exact) mass is 375 g/mol. The van der Waals surface area contributed by atoms with Crippen LogP contribution in [0.5, 0.6) is 0 Å². The lowest BCUT2D eigenvalue weighted by molar-refractivity contribution is -0.384. The molecule has 3 aromatic carbocycles. The Labute approximate surface area is 162 Å². The normalized spacial score (nSPS) is 12.4. The SMILES string of the molecule is Cc1ccccc1NCC(O)Cn1c2ccccc2c2cc([N+](=O)[O-])ccc21. The summed E-state index contributed by atoms with van der Waals surface area (Å²) in [4.78, 5) is 10.8. The number of nitrogens with one attached hydrogen (secondary N) is 1. The number of hydrogen-bond donors (Lipinski definition) is 2. The van der Waals surface area contributed by atoms with E-state index in [0.717, 1.165) is 33.1 Å². The lowest BCUT2D eigenvalue weighted by Crippen LogP contribution is -2.25. The van der Waals surface area contributed by atoms with Crippen LogP contribution in [0.4, 0.5) is 11.4 Å². The van der Waals surface area contributed by atoms with Crippen LogP contribution in [0.1, 0.15) is 5.56 Å². The summed E-state index contributed by atoms with van der Waals surface area (Å²) in [5, 5.41) is 26.9. The molecule has 0 aliphatic rings. The van der Waals surface area contributed by atoms with Crippen molar-refractivity contribution in [2.24, 2.45) is 0 Å². The molecule has 0 radical (unpaired) electrons. The molecule has 0 fully saturated rings. The Morgan fingerprint density at radius 2 is 1.75 bits per heavy atom. The van der Waals surface area contributed by atoms with Crippen molar-refractivity contribution < 1.29 is 10.0 Å². The first-order chi connectivity index (χ1) is 13.5. The summed E-state index contributed by atoms with van der Waals surface area (Å²) in [6.07, 6.45) is -0.617. The number of aryl methyl sites for hydroxylation is 1. The van der Waals surface area contributed by atoms with E-state index in [1.807, 2.05) is 60.0 Å². The number of aromatic nitrogens is 1. The van der Waals surface area contributed by atoms with Gasteiger partial charge in [-0.3, -0.25) is 10.1 Å². The van der Waals surface area contributed by atoms with E-state index in [0.29, 0.717) is 13.1 Å². The molecule has 0 bridgehead atoms. The van der Waals surface area contributed by atoms with Crippen LogP contribution in [0.25, 0.3) is 21.8 Å². The zero-order valence-corrected chi connectivity index (χ0v) is 15.5. The molecule has 1 unspecified atom stereocenters. The van der Waals surface area contributed by atoms with E-state index in [9.17, 15) is 15.2 Å². The van der Waals surface area contributed by atoms with Crippen molar-refractivity contribution in [2.75, 3.05) is 11.9 Å². The molecule has 0 saturated carbocycles. The van der Waals surface area contributed by atoms with Gasteiger partial charge in [0.05, 0.1) is 17.6 Å². The Bertz CT molecular complexity index is 1170. The number of para-hydroxylation sites is 2. The van der Waals surface area contributed by atoms with Gasteiger partial charge in [0.15, 0.2) is 0 Å². The fraction of sp³-hybridized carbons (Fsp3) is 0.182. The van der Waals surface area contributed by atoms with Gasteiger partial charge >= 0.3 is 0 Å². The second-order valence-electron chi connectivity index (χ2n) is 6.94. The van der Waals surface area contributed by atoms with Crippen molar-refractivity contribution in [1.82, 2.24) is 4.57 Å². The number of rotatable bonds is 6. The molecule has 0 spiro atoms. The summed E-state index contributed by atoms with van der Waals surface area (Å²) in [6, 6.07) is 20.6. The lowest BCUT2D eigenvalue weighted by atomic mass is 10.1. The number of nitro groups is 1. The highest BCUT2D eigenvalue weighted by molar-refractivity contribution is 6.08. The van der Waals surface area contributed by atoms with Gasteiger partial charge in [0, 0.05) is 46.2 Å². The zero-order valence-electron chi connectivity index (χ0n) is 15.5. The maximum absolute atomic E-state index is 11.2. The number of nitro benzene ring substituents is 1. The van der Waals surface area contributed by atoms with Gasteiger partial charge in [-0.25, -0.2) is 0 Å². The van der Waals surface area contributed by atoms with Gasteiger partial charge in [0.2, 0.25) is 0 Å². The second kappa shape index (κ2) is 7.32. The summed E-state index contributed by atoms with van der Waals surface area (Å²) in [5.41, 5.74) is 4.02. The number of aliphatic hydroxyl groups is 1. The molecule has 0 amide bonds. The van der Waals surface area contributed by atoms with Crippen LogP contribution in [0.15, 0.2) is 66.7 Å². The third kappa shape index (κ3) is 3.30. The Hall–Kier alpha value is -3.38. The molecule has 28 heavy (non-hydrogen) atoms. The van der Waals surface area contributed by atoms with Gasteiger partial charge in [-0.05, 0) is 30.7 Å². The maximum atomic E-state index is 11.2. The molecule has 1 atom stereocenters. The van der Waals surface area contributed by atoms with Crippen LogP contribution >= 0.6 is 0 Å². The molecule has 1 aromatic heterocycles. The Morgan fingerprint density at radius 3 is 2.54 bits per heavy atom. The molecule has 0 saturated heterocycles. The largest absolute Gasteiger partial charge is 0.389 e. The van der Waals surface area contributed by atoms with Crippen LogP contribution in [0, 0.1) is 17.0 Å². The number of fused-ring (bicyclic) bond motifs is 3. The van der Waals surface area contributed by atoms with Crippen LogP contribution < -0.4 is 5.32 Å². The van der Waals surface area contributed by atoms with Crippen LogP contribution in [-0.4, -0.2) is 27.2 Å². The minimum absolute atomic E-state index is 0.0668. The van der Waals surface area contributed by atoms with Crippen molar-refractivity contribution in [3.05, 3.63) is 82.4 Å². The first-order valence-corrected chi connectivity index (χ1v) is 9.17. The number of non-ortho nitro benzene ring substituents is 1. The van der Waals surface area contributed by atoms with Gasteiger partial charge in [-0.2, -0.15) is 0 Å². The minimum atomic E-state index is -0.617. The lowest BCUT2D eigenvalue weighted by Gasteiger charge is -2.16. The van der Waals surface area contributed by atoms with E-state index in [1.165, 1.54) is 6.07 Å². The molecular formula is C22H21N3O3. The Kier molecular flexibility index (Phi) is 4.71. The van der Waals surface area contributed by atoms with Crippen LogP contribution in [-0.2, 0) is 6.54 Å². The highest BCUT2D eigenvalue weighted by Crippen LogP contribution is 2.31. The van der Waals surface area contributed by atoms with E-state index in [1.54, 1.807) is 12.1 Å². The quantitative estimate of drug-likeness (QED) is 0.384. The summed E-state index contributed by atoms with van der Waals surface area (Å²) in [6.45, 7) is 2.82. The maximum Gasteiger partial charge on any atom is 0.270 e. The molecule has 0 aliphatic heterocycles. The van der Waals surface area contributed by atoms with Gasteiger partial charge in [0.25, 0.3) is 5.69 Å². The third-order valence-electron chi connectivity index (χ3n) is 5.03. The number of hydrogen-bond acceptors (Lipinski definition) is 4. The predicted octanol–water partition coefficient (Wildman–Crippen LogP) is 4.48. The average Bonchev–Trinajstić information content (AvgIpc) is 3.01. The first-order valence-electron chi connectivity index (χ1n) is 9.17. The second-order valence-corrected chi connectivity index (χ2v) is 6.94. The molecule has 142 valence electrons. The number of aliphatic hydroxyl groups excluding tert-OH is 1. The minimum Gasteiger partial charge on any atom is -0.389 e. The number of anilines is 1. The predicted molar refractivity (Wildman–Crippen MR) is 112 cm³/mol. The number of benzene rings is 3. The van der Waals surface area contributed by atoms with E-state index >= 15 is 0 Å². The van der Waals surface area contributed by atoms with Gasteiger partial charge in [0.1, 0.15) is 0 Å². The zero-order chi connectivity index (χ0) is 19.7. The smallest absolute Gasteiger partial charge is 0.270 e. The fourth-order valence-electron chi connectivity index (χ4n) is 3.63. The summed E-state index contributed by atoms with van der Waals surface area (Å²) < 4.78 is 2.03. The van der Waals surface area contributed by atoms with Crippen molar-refractivity contribution in [1.29, 1.82) is 0 Å². The molecule has 0 aliphatic carbocycles. The molecule has 2 N–H and O–H groups in total. The standard InChI is InChI=1S/C22H21N3O3/c1-15-6-2-4-8-20(15)23-13-17(26)14-24-21-9-5-3-7-18(21)19-12-16(25(27)28)10-11-22(19)24/h2-12,17,23,26H,13-14H2,1H3. The molecule has 1 heterocycles. The summed E-state index contributed by atoms with van der Waals surface area (Å²) in [7, 11) is 0. The van der Waals surface area contributed by atoms with E-state index in [4.69, 9.17) is 0 Å². The average molecular weight is 375 g/mol.